The summed E-state index contributed by atoms with van der Waals surface area (Å²) in [6.07, 6.45) is 16.6. The number of Topliss-reactive ketones (excluding diaryl/α,β-unsaturated/α-hetero) is 1. The Bertz CT molecular complexity index is 622. The largest absolute Gasteiger partial charge is 0.460 e. The lowest BCUT2D eigenvalue weighted by Gasteiger charge is -2.07. The molecule has 1 aromatic carbocycles. The van der Waals surface area contributed by atoms with Gasteiger partial charge >= 0.3 is 0 Å². The first kappa shape index (κ1) is 21.7. The predicted octanol–water partition coefficient (Wildman–Crippen LogP) is 8.20. The second-order valence-corrected chi connectivity index (χ2v) is 8.01. The van der Waals surface area contributed by atoms with Crippen LogP contribution in [0.4, 0.5) is 0 Å². The maximum Gasteiger partial charge on any atom is 0.143 e. The van der Waals surface area contributed by atoms with Crippen molar-refractivity contribution in [3.05, 3.63) is 36.1 Å². The SMILES string of the molecule is CCCCCCCCCCCCCCC(=O)C(C)c1cc2ccccc2o1. The lowest BCUT2D eigenvalue weighted by Crippen LogP contribution is -2.08. The van der Waals surface area contributed by atoms with Crippen molar-refractivity contribution in [2.24, 2.45) is 0 Å². The Morgan fingerprint density at radius 2 is 1.41 bits per heavy atom. The van der Waals surface area contributed by atoms with Crippen molar-refractivity contribution in [1.82, 2.24) is 0 Å². The molecule has 1 atom stereocenters. The van der Waals surface area contributed by atoms with Crippen LogP contribution in [0.1, 0.15) is 109 Å². The number of carbonyl (C=O) groups excluding carboxylic acids is 1. The highest BCUT2D eigenvalue weighted by Gasteiger charge is 2.18. The number of unbranched alkanes of at least 4 members (excludes halogenated alkanes) is 11. The summed E-state index contributed by atoms with van der Waals surface area (Å²) in [6.45, 7) is 4.24. The Hall–Kier alpha value is -1.57. The Balaban J connectivity index is 1.51. The first-order valence-corrected chi connectivity index (χ1v) is 11.2. The van der Waals surface area contributed by atoms with E-state index >= 15 is 0 Å². The third-order valence-corrected chi connectivity index (χ3v) is 5.63. The normalized spacial score (nSPS) is 12.5. The molecule has 0 aliphatic heterocycles. The van der Waals surface area contributed by atoms with Crippen LogP contribution in [-0.2, 0) is 4.79 Å². The highest BCUT2D eigenvalue weighted by atomic mass is 16.3. The highest BCUT2D eigenvalue weighted by molar-refractivity contribution is 5.86. The summed E-state index contributed by atoms with van der Waals surface area (Å²) in [6, 6.07) is 9.97. The molecule has 1 unspecified atom stereocenters. The third kappa shape index (κ3) is 7.91. The Labute approximate surface area is 165 Å². The van der Waals surface area contributed by atoms with Gasteiger partial charge in [-0.25, -0.2) is 0 Å². The number of hydrogen-bond acceptors (Lipinski definition) is 2. The van der Waals surface area contributed by atoms with Gasteiger partial charge in [0.05, 0.1) is 5.92 Å². The van der Waals surface area contributed by atoms with Gasteiger partial charge in [0.1, 0.15) is 17.1 Å². The van der Waals surface area contributed by atoms with Crippen LogP contribution in [-0.4, -0.2) is 5.78 Å². The molecule has 0 aliphatic carbocycles. The monoisotopic (exact) mass is 370 g/mol. The maximum atomic E-state index is 12.4. The Morgan fingerprint density at radius 3 is 2.00 bits per heavy atom. The predicted molar refractivity (Wildman–Crippen MR) is 115 cm³/mol. The quantitative estimate of drug-likeness (QED) is 0.296. The van der Waals surface area contributed by atoms with Gasteiger partial charge in [-0.2, -0.15) is 0 Å². The van der Waals surface area contributed by atoms with E-state index in [1.165, 1.54) is 70.6 Å². The van der Waals surface area contributed by atoms with Gasteiger partial charge in [0.15, 0.2) is 0 Å². The molecule has 0 radical (unpaired) electrons. The summed E-state index contributed by atoms with van der Waals surface area (Å²) < 4.78 is 5.84. The van der Waals surface area contributed by atoms with Crippen LogP contribution in [0.25, 0.3) is 11.0 Å². The van der Waals surface area contributed by atoms with E-state index in [0.29, 0.717) is 12.2 Å². The molecule has 1 aromatic heterocycles. The van der Waals surface area contributed by atoms with E-state index in [9.17, 15) is 4.79 Å². The second-order valence-electron chi connectivity index (χ2n) is 8.01. The van der Waals surface area contributed by atoms with Crippen LogP contribution in [0, 0.1) is 0 Å². The minimum Gasteiger partial charge on any atom is -0.460 e. The van der Waals surface area contributed by atoms with Gasteiger partial charge in [0, 0.05) is 11.8 Å². The van der Waals surface area contributed by atoms with E-state index in [4.69, 9.17) is 4.42 Å². The maximum absolute atomic E-state index is 12.4. The molecule has 0 fully saturated rings. The fourth-order valence-corrected chi connectivity index (χ4v) is 3.73. The minimum atomic E-state index is -0.134. The van der Waals surface area contributed by atoms with Crippen molar-refractivity contribution in [1.29, 1.82) is 0 Å². The molecule has 0 bridgehead atoms. The number of ketones is 1. The van der Waals surface area contributed by atoms with Crippen LogP contribution in [0.5, 0.6) is 0 Å². The number of rotatable bonds is 15. The Morgan fingerprint density at radius 1 is 0.852 bits per heavy atom. The molecule has 2 aromatic rings. The number of fused-ring (bicyclic) bond motifs is 1. The van der Waals surface area contributed by atoms with Crippen molar-refractivity contribution in [2.45, 2.75) is 103 Å². The van der Waals surface area contributed by atoms with Crippen molar-refractivity contribution < 1.29 is 9.21 Å². The van der Waals surface area contributed by atoms with Crippen LogP contribution in [0.2, 0.25) is 0 Å². The molecule has 27 heavy (non-hydrogen) atoms. The molecule has 1 heterocycles. The van der Waals surface area contributed by atoms with Gasteiger partial charge in [-0.05, 0) is 25.5 Å². The topological polar surface area (TPSA) is 30.2 Å². The first-order valence-electron chi connectivity index (χ1n) is 11.2. The number of benzene rings is 1. The molecule has 0 saturated carbocycles. The molecule has 2 nitrogen and oxygen atoms in total. The summed E-state index contributed by atoms with van der Waals surface area (Å²) in [5.41, 5.74) is 0.873. The lowest BCUT2D eigenvalue weighted by atomic mass is 9.97. The lowest BCUT2D eigenvalue weighted by molar-refractivity contribution is -0.120. The standard InChI is InChI=1S/C25H38O2/c1-3-4-5-6-7-8-9-10-11-12-13-14-18-23(26)21(2)25-20-22-17-15-16-19-24(22)27-25/h15-17,19-21H,3-14,18H2,1-2H3. The van der Waals surface area contributed by atoms with E-state index in [0.717, 1.165) is 23.2 Å². The summed E-state index contributed by atoms with van der Waals surface area (Å²) >= 11 is 0. The van der Waals surface area contributed by atoms with E-state index in [-0.39, 0.29) is 5.92 Å². The average molecular weight is 371 g/mol. The molecule has 0 aliphatic rings. The van der Waals surface area contributed by atoms with Gasteiger partial charge in [-0.15, -0.1) is 0 Å². The van der Waals surface area contributed by atoms with Gasteiger partial charge in [0.2, 0.25) is 0 Å². The molecule has 0 N–H and O–H groups in total. The van der Waals surface area contributed by atoms with Crippen LogP contribution in [0.15, 0.2) is 34.7 Å². The average Bonchev–Trinajstić information content (AvgIpc) is 3.12. The van der Waals surface area contributed by atoms with Crippen molar-refractivity contribution in [3.8, 4) is 0 Å². The van der Waals surface area contributed by atoms with Gasteiger partial charge in [-0.1, -0.05) is 95.8 Å². The highest BCUT2D eigenvalue weighted by Crippen LogP contribution is 2.26. The minimum absolute atomic E-state index is 0.134. The van der Waals surface area contributed by atoms with Crippen molar-refractivity contribution >= 4 is 16.8 Å². The van der Waals surface area contributed by atoms with E-state index < -0.39 is 0 Å². The van der Waals surface area contributed by atoms with Crippen LogP contribution >= 0.6 is 0 Å². The van der Waals surface area contributed by atoms with Gasteiger partial charge < -0.3 is 4.42 Å². The summed E-state index contributed by atoms with van der Waals surface area (Å²) in [7, 11) is 0. The number of furan rings is 1. The fourth-order valence-electron chi connectivity index (χ4n) is 3.73. The zero-order valence-corrected chi connectivity index (χ0v) is 17.5. The zero-order valence-electron chi connectivity index (χ0n) is 17.5. The van der Waals surface area contributed by atoms with Gasteiger partial charge in [-0.3, -0.25) is 4.79 Å². The molecule has 0 spiro atoms. The van der Waals surface area contributed by atoms with Crippen LogP contribution < -0.4 is 0 Å². The number of carbonyl (C=O) groups is 1. The fraction of sp³-hybridized carbons (Fsp3) is 0.640. The zero-order chi connectivity index (χ0) is 19.3. The third-order valence-electron chi connectivity index (χ3n) is 5.63. The summed E-state index contributed by atoms with van der Waals surface area (Å²) in [5.74, 6) is 0.978. The van der Waals surface area contributed by atoms with E-state index in [2.05, 4.69) is 6.92 Å². The molecule has 150 valence electrons. The van der Waals surface area contributed by atoms with E-state index in [1.807, 2.05) is 37.3 Å². The molecular weight excluding hydrogens is 332 g/mol. The molecule has 2 rings (SSSR count). The van der Waals surface area contributed by atoms with Crippen LogP contribution in [0.3, 0.4) is 0 Å². The molecular formula is C25H38O2. The molecule has 0 saturated heterocycles. The van der Waals surface area contributed by atoms with Gasteiger partial charge in [0.25, 0.3) is 0 Å². The van der Waals surface area contributed by atoms with E-state index in [1.54, 1.807) is 0 Å². The Kier molecular flexibility index (Phi) is 10.3. The number of hydrogen-bond donors (Lipinski definition) is 0. The summed E-state index contributed by atoms with van der Waals surface area (Å²) in [4.78, 5) is 12.4. The summed E-state index contributed by atoms with van der Waals surface area (Å²) in [5, 5.41) is 1.08. The molecule has 0 amide bonds. The molecule has 2 heteroatoms. The van der Waals surface area contributed by atoms with Crippen molar-refractivity contribution in [2.75, 3.05) is 0 Å². The number of para-hydroxylation sites is 1. The van der Waals surface area contributed by atoms with Crippen molar-refractivity contribution in [3.63, 3.8) is 0 Å². The first-order chi connectivity index (χ1) is 13.2. The smallest absolute Gasteiger partial charge is 0.143 e. The second kappa shape index (κ2) is 12.8.